The molecule has 4 heteroatoms. The fourth-order valence-corrected chi connectivity index (χ4v) is 5.55. The van der Waals surface area contributed by atoms with Gasteiger partial charge in [-0.25, -0.2) is 0 Å². The van der Waals surface area contributed by atoms with Gasteiger partial charge < -0.3 is 10.1 Å². The van der Waals surface area contributed by atoms with Gasteiger partial charge in [0.05, 0.1) is 5.92 Å². The van der Waals surface area contributed by atoms with Crippen molar-refractivity contribution in [2.24, 2.45) is 5.92 Å². The number of ether oxygens (including phenoxy) is 1. The summed E-state index contributed by atoms with van der Waals surface area (Å²) in [6.07, 6.45) is 4.28. The maximum Gasteiger partial charge on any atom is 0.311 e. The second-order valence-electron chi connectivity index (χ2n) is 7.71. The standard InChI is InChI=1S/C23H26INO2/c1-2-16-8-9-17(12-20(16)24)19-13-18-10-11-21(25-18)22(19)23(26)27-14-15-6-4-3-5-7-15/h3-9,12,18-19,21-22,25H,2,10-11,13-14H2,1H3. The van der Waals surface area contributed by atoms with Crippen molar-refractivity contribution < 1.29 is 9.53 Å². The molecular formula is C23H26INO2. The number of rotatable bonds is 5. The van der Waals surface area contributed by atoms with Gasteiger partial charge in [-0.1, -0.05) is 49.4 Å². The van der Waals surface area contributed by atoms with Crippen LogP contribution in [0.5, 0.6) is 0 Å². The summed E-state index contributed by atoms with van der Waals surface area (Å²) in [6, 6.07) is 17.4. The number of hydrogen-bond donors (Lipinski definition) is 1. The highest BCUT2D eigenvalue weighted by molar-refractivity contribution is 14.1. The van der Waals surface area contributed by atoms with Gasteiger partial charge in [-0.2, -0.15) is 0 Å². The average Bonchev–Trinajstić information content (AvgIpc) is 3.07. The van der Waals surface area contributed by atoms with Gasteiger partial charge in [0.15, 0.2) is 0 Å². The number of hydrogen-bond acceptors (Lipinski definition) is 3. The monoisotopic (exact) mass is 475 g/mol. The van der Waals surface area contributed by atoms with Gasteiger partial charge in [-0.15, -0.1) is 0 Å². The summed E-state index contributed by atoms with van der Waals surface area (Å²) < 4.78 is 7.07. The topological polar surface area (TPSA) is 38.3 Å². The van der Waals surface area contributed by atoms with Crippen LogP contribution in [-0.2, 0) is 22.6 Å². The molecule has 2 aliphatic rings. The van der Waals surface area contributed by atoms with Gasteiger partial charge in [0, 0.05) is 21.6 Å². The van der Waals surface area contributed by atoms with Crippen molar-refractivity contribution >= 4 is 28.6 Å². The van der Waals surface area contributed by atoms with E-state index in [4.69, 9.17) is 4.74 Å². The SMILES string of the molecule is CCc1ccc(C2CC3CCC(N3)C2C(=O)OCc2ccccc2)cc1I. The van der Waals surface area contributed by atoms with Gasteiger partial charge in [0.2, 0.25) is 0 Å². The van der Waals surface area contributed by atoms with Crippen molar-refractivity contribution in [3.8, 4) is 0 Å². The molecule has 2 heterocycles. The Morgan fingerprint density at radius 3 is 2.74 bits per heavy atom. The minimum absolute atomic E-state index is 0.0590. The molecule has 2 aromatic carbocycles. The lowest BCUT2D eigenvalue weighted by atomic mass is 9.77. The van der Waals surface area contributed by atoms with Crippen LogP contribution >= 0.6 is 22.6 Å². The minimum atomic E-state index is -0.101. The predicted octanol–water partition coefficient (Wildman–Crippen LogP) is 4.82. The molecule has 4 atom stereocenters. The Kier molecular flexibility index (Phi) is 5.83. The van der Waals surface area contributed by atoms with E-state index in [0.717, 1.165) is 31.2 Å². The second kappa shape index (κ2) is 8.31. The second-order valence-corrected chi connectivity index (χ2v) is 8.88. The van der Waals surface area contributed by atoms with Crippen LogP contribution in [0.3, 0.4) is 0 Å². The normalized spacial score (nSPS) is 26.7. The fourth-order valence-electron chi connectivity index (χ4n) is 4.63. The van der Waals surface area contributed by atoms with Crippen molar-refractivity contribution in [2.45, 2.75) is 57.2 Å². The van der Waals surface area contributed by atoms with Crippen LogP contribution in [0.1, 0.15) is 48.8 Å². The highest BCUT2D eigenvalue weighted by atomic mass is 127. The van der Waals surface area contributed by atoms with Crippen LogP contribution in [0.4, 0.5) is 0 Å². The summed E-state index contributed by atoms with van der Waals surface area (Å²) in [4.78, 5) is 13.1. The Morgan fingerprint density at radius 2 is 2.00 bits per heavy atom. The van der Waals surface area contributed by atoms with Gasteiger partial charge in [-0.05, 0) is 71.0 Å². The number of fused-ring (bicyclic) bond motifs is 2. The van der Waals surface area contributed by atoms with Gasteiger partial charge >= 0.3 is 5.97 Å². The van der Waals surface area contributed by atoms with E-state index in [0.29, 0.717) is 12.6 Å². The highest BCUT2D eigenvalue weighted by Gasteiger charge is 2.46. The van der Waals surface area contributed by atoms with E-state index in [1.54, 1.807) is 0 Å². The van der Waals surface area contributed by atoms with E-state index in [-0.39, 0.29) is 23.8 Å². The molecule has 27 heavy (non-hydrogen) atoms. The zero-order valence-electron chi connectivity index (χ0n) is 15.7. The molecule has 2 bridgehead atoms. The number of piperidine rings is 1. The maximum absolute atomic E-state index is 13.1. The Hall–Kier alpha value is -1.40. The Morgan fingerprint density at radius 1 is 1.19 bits per heavy atom. The number of nitrogens with one attached hydrogen (secondary N) is 1. The largest absolute Gasteiger partial charge is 0.461 e. The Balaban J connectivity index is 1.55. The van der Waals surface area contributed by atoms with Crippen LogP contribution in [0.15, 0.2) is 48.5 Å². The third kappa shape index (κ3) is 4.06. The first-order valence-electron chi connectivity index (χ1n) is 9.90. The molecule has 3 nitrogen and oxygen atoms in total. The smallest absolute Gasteiger partial charge is 0.311 e. The fraction of sp³-hybridized carbons (Fsp3) is 0.435. The molecule has 1 N–H and O–H groups in total. The van der Waals surface area contributed by atoms with E-state index < -0.39 is 0 Å². The average molecular weight is 475 g/mol. The zero-order valence-corrected chi connectivity index (χ0v) is 17.8. The molecule has 0 radical (unpaired) electrons. The molecule has 0 spiro atoms. The first kappa shape index (κ1) is 18.9. The van der Waals surface area contributed by atoms with Crippen LogP contribution in [-0.4, -0.2) is 18.1 Å². The molecule has 0 aliphatic carbocycles. The molecule has 2 aliphatic heterocycles. The number of carbonyl (C=O) groups is 1. The highest BCUT2D eigenvalue weighted by Crippen LogP contribution is 2.43. The van der Waals surface area contributed by atoms with Crippen LogP contribution in [0.25, 0.3) is 0 Å². The third-order valence-corrected chi connectivity index (χ3v) is 7.07. The Labute approximate surface area is 175 Å². The molecular weight excluding hydrogens is 449 g/mol. The number of carbonyl (C=O) groups excluding carboxylic acids is 1. The summed E-state index contributed by atoms with van der Waals surface area (Å²) in [5.74, 6) is 0.0819. The van der Waals surface area contributed by atoms with E-state index in [2.05, 4.69) is 53.0 Å². The summed E-state index contributed by atoms with van der Waals surface area (Å²) in [6.45, 7) is 2.54. The molecule has 2 saturated heterocycles. The minimum Gasteiger partial charge on any atom is -0.461 e. The van der Waals surface area contributed by atoms with E-state index >= 15 is 0 Å². The van der Waals surface area contributed by atoms with Crippen molar-refractivity contribution in [3.63, 3.8) is 0 Å². The van der Waals surface area contributed by atoms with Crippen molar-refractivity contribution in [1.29, 1.82) is 0 Å². The number of halogens is 1. The predicted molar refractivity (Wildman–Crippen MR) is 116 cm³/mol. The molecule has 0 saturated carbocycles. The lowest BCUT2D eigenvalue weighted by molar-refractivity contribution is -0.152. The molecule has 4 unspecified atom stereocenters. The van der Waals surface area contributed by atoms with Gasteiger partial charge in [0.25, 0.3) is 0 Å². The quantitative estimate of drug-likeness (QED) is 0.498. The lowest BCUT2D eigenvalue weighted by Crippen LogP contribution is -2.48. The summed E-state index contributed by atoms with van der Waals surface area (Å²) in [5.41, 5.74) is 3.70. The third-order valence-electron chi connectivity index (χ3n) is 6.06. The number of benzene rings is 2. The maximum atomic E-state index is 13.1. The molecule has 2 fully saturated rings. The van der Waals surface area contributed by atoms with E-state index in [1.165, 1.54) is 14.7 Å². The zero-order chi connectivity index (χ0) is 18.8. The van der Waals surface area contributed by atoms with E-state index in [9.17, 15) is 4.79 Å². The van der Waals surface area contributed by atoms with Crippen molar-refractivity contribution in [2.75, 3.05) is 0 Å². The first-order valence-corrected chi connectivity index (χ1v) is 11.0. The molecule has 2 aromatic rings. The number of esters is 1. The summed E-state index contributed by atoms with van der Waals surface area (Å²) in [7, 11) is 0. The Bertz CT molecular complexity index is 807. The first-order chi connectivity index (χ1) is 13.2. The van der Waals surface area contributed by atoms with Gasteiger partial charge in [-0.3, -0.25) is 4.79 Å². The van der Waals surface area contributed by atoms with E-state index in [1.807, 2.05) is 30.3 Å². The molecule has 4 rings (SSSR count). The molecule has 0 amide bonds. The lowest BCUT2D eigenvalue weighted by Gasteiger charge is -2.36. The summed E-state index contributed by atoms with van der Waals surface area (Å²) >= 11 is 2.43. The molecule has 0 aromatic heterocycles. The number of aryl methyl sites for hydroxylation is 1. The molecule has 142 valence electrons. The summed E-state index contributed by atoms with van der Waals surface area (Å²) in [5, 5.41) is 3.65. The van der Waals surface area contributed by atoms with Crippen molar-refractivity contribution in [3.05, 3.63) is 68.8 Å². The van der Waals surface area contributed by atoms with Crippen LogP contribution in [0, 0.1) is 9.49 Å². The van der Waals surface area contributed by atoms with Crippen LogP contribution < -0.4 is 5.32 Å². The van der Waals surface area contributed by atoms with Crippen LogP contribution in [0.2, 0.25) is 0 Å². The van der Waals surface area contributed by atoms with Gasteiger partial charge in [0.1, 0.15) is 6.61 Å². The van der Waals surface area contributed by atoms with Crippen molar-refractivity contribution in [1.82, 2.24) is 5.32 Å².